The lowest BCUT2D eigenvalue weighted by Gasteiger charge is -2.02. The summed E-state index contributed by atoms with van der Waals surface area (Å²) in [7, 11) is 0. The Bertz CT molecular complexity index is 426. The minimum absolute atomic E-state index is 0.0512. The first-order valence-corrected chi connectivity index (χ1v) is 5.96. The Hall–Kier alpha value is -1.67. The zero-order valence-electron chi connectivity index (χ0n) is 10.4. The molecular weight excluding hydrogens is 210 g/mol. The molecule has 2 aromatic rings. The fourth-order valence-electron chi connectivity index (χ4n) is 1.56. The summed E-state index contributed by atoms with van der Waals surface area (Å²) in [5.41, 5.74) is 3.26. The lowest BCUT2D eigenvalue weighted by molar-refractivity contribution is 0.281. The molecule has 0 unspecified atom stereocenters. The van der Waals surface area contributed by atoms with Crippen LogP contribution in [-0.2, 0) is 13.0 Å². The SMILES string of the molecule is CC.OCc1cncc(Cc2ccccc2)c1. The van der Waals surface area contributed by atoms with Gasteiger partial charge in [0, 0.05) is 12.4 Å². The van der Waals surface area contributed by atoms with Gasteiger partial charge in [-0.1, -0.05) is 50.2 Å². The number of hydrogen-bond donors (Lipinski definition) is 1. The maximum Gasteiger partial charge on any atom is 0.0696 e. The Labute approximate surface area is 103 Å². The second-order valence-electron chi connectivity index (χ2n) is 3.52. The second-order valence-corrected chi connectivity index (χ2v) is 3.52. The molecule has 0 aliphatic heterocycles. The Morgan fingerprint density at radius 3 is 2.24 bits per heavy atom. The molecule has 0 aliphatic rings. The molecular formula is C15H19NO. The first-order valence-electron chi connectivity index (χ1n) is 5.96. The largest absolute Gasteiger partial charge is 0.392 e. The number of rotatable bonds is 3. The van der Waals surface area contributed by atoms with Crippen LogP contribution in [0, 0.1) is 0 Å². The molecule has 1 aromatic heterocycles. The van der Waals surface area contributed by atoms with Crippen LogP contribution in [0.1, 0.15) is 30.5 Å². The highest BCUT2D eigenvalue weighted by Gasteiger charge is 1.97. The minimum atomic E-state index is 0.0512. The number of aliphatic hydroxyl groups is 1. The van der Waals surface area contributed by atoms with Gasteiger partial charge in [-0.25, -0.2) is 0 Å². The van der Waals surface area contributed by atoms with Crippen LogP contribution in [0.4, 0.5) is 0 Å². The van der Waals surface area contributed by atoms with Gasteiger partial charge in [0.25, 0.3) is 0 Å². The van der Waals surface area contributed by atoms with Crippen LogP contribution >= 0.6 is 0 Å². The maximum atomic E-state index is 8.99. The first-order chi connectivity index (χ1) is 8.38. The van der Waals surface area contributed by atoms with E-state index in [2.05, 4.69) is 17.1 Å². The topological polar surface area (TPSA) is 33.1 Å². The molecule has 0 saturated heterocycles. The summed E-state index contributed by atoms with van der Waals surface area (Å²) >= 11 is 0. The van der Waals surface area contributed by atoms with E-state index >= 15 is 0 Å². The molecule has 17 heavy (non-hydrogen) atoms. The second kappa shape index (κ2) is 7.58. The zero-order valence-corrected chi connectivity index (χ0v) is 10.4. The number of benzene rings is 1. The number of pyridine rings is 1. The molecule has 0 radical (unpaired) electrons. The molecule has 1 N–H and O–H groups in total. The first kappa shape index (κ1) is 13.4. The molecule has 1 heterocycles. The van der Waals surface area contributed by atoms with Gasteiger partial charge in [0.05, 0.1) is 6.61 Å². The van der Waals surface area contributed by atoms with E-state index in [1.165, 1.54) is 5.56 Å². The summed E-state index contributed by atoms with van der Waals surface area (Å²) in [6, 6.07) is 12.2. The molecule has 0 aliphatic carbocycles. The van der Waals surface area contributed by atoms with Gasteiger partial charge in [0.1, 0.15) is 0 Å². The quantitative estimate of drug-likeness (QED) is 0.876. The van der Waals surface area contributed by atoms with Gasteiger partial charge in [-0.15, -0.1) is 0 Å². The standard InChI is InChI=1S/C13H13NO.C2H6/c15-10-13-7-12(8-14-9-13)6-11-4-2-1-3-5-11;1-2/h1-5,7-9,15H,6,10H2;1-2H3. The third kappa shape index (κ3) is 4.37. The lowest BCUT2D eigenvalue weighted by atomic mass is 10.1. The molecule has 2 nitrogen and oxygen atoms in total. The van der Waals surface area contributed by atoms with Crippen molar-refractivity contribution < 1.29 is 5.11 Å². The predicted molar refractivity (Wildman–Crippen MR) is 70.8 cm³/mol. The molecule has 0 saturated carbocycles. The summed E-state index contributed by atoms with van der Waals surface area (Å²) in [6.45, 7) is 4.05. The van der Waals surface area contributed by atoms with Crippen molar-refractivity contribution in [3.05, 3.63) is 65.5 Å². The minimum Gasteiger partial charge on any atom is -0.392 e. The van der Waals surface area contributed by atoms with Crippen molar-refractivity contribution >= 4 is 0 Å². The van der Waals surface area contributed by atoms with Gasteiger partial charge in [-0.05, 0) is 23.1 Å². The zero-order chi connectivity index (χ0) is 12.5. The molecule has 2 heteroatoms. The van der Waals surface area contributed by atoms with Crippen molar-refractivity contribution in [2.24, 2.45) is 0 Å². The van der Waals surface area contributed by atoms with Crippen LogP contribution in [0.15, 0.2) is 48.8 Å². The van der Waals surface area contributed by atoms with Crippen LogP contribution < -0.4 is 0 Å². The van der Waals surface area contributed by atoms with Crippen molar-refractivity contribution in [2.75, 3.05) is 0 Å². The highest BCUT2D eigenvalue weighted by atomic mass is 16.3. The van der Waals surface area contributed by atoms with E-state index in [9.17, 15) is 0 Å². The fraction of sp³-hybridized carbons (Fsp3) is 0.267. The van der Waals surface area contributed by atoms with Crippen molar-refractivity contribution in [3.63, 3.8) is 0 Å². The molecule has 90 valence electrons. The normalized spacial score (nSPS) is 9.35. The molecule has 0 amide bonds. The molecule has 2 rings (SSSR count). The van der Waals surface area contributed by atoms with Gasteiger partial charge in [0.2, 0.25) is 0 Å². The van der Waals surface area contributed by atoms with E-state index in [0.717, 1.165) is 17.5 Å². The van der Waals surface area contributed by atoms with Crippen LogP contribution in [0.5, 0.6) is 0 Å². The molecule has 0 fully saturated rings. The van der Waals surface area contributed by atoms with Gasteiger partial charge < -0.3 is 5.11 Å². The van der Waals surface area contributed by atoms with Gasteiger partial charge >= 0.3 is 0 Å². The number of aromatic nitrogens is 1. The monoisotopic (exact) mass is 229 g/mol. The predicted octanol–water partition coefficient (Wildman–Crippen LogP) is 3.19. The molecule has 0 bridgehead atoms. The third-order valence-electron chi connectivity index (χ3n) is 2.29. The highest BCUT2D eigenvalue weighted by Crippen LogP contribution is 2.09. The van der Waals surface area contributed by atoms with Crippen molar-refractivity contribution in [2.45, 2.75) is 26.9 Å². The third-order valence-corrected chi connectivity index (χ3v) is 2.29. The van der Waals surface area contributed by atoms with Crippen molar-refractivity contribution in [3.8, 4) is 0 Å². The Morgan fingerprint density at radius 1 is 0.941 bits per heavy atom. The number of aliphatic hydroxyl groups excluding tert-OH is 1. The van der Waals surface area contributed by atoms with Gasteiger partial charge in [-0.2, -0.15) is 0 Å². The summed E-state index contributed by atoms with van der Waals surface area (Å²) in [5.74, 6) is 0. The van der Waals surface area contributed by atoms with Crippen LogP contribution in [0.2, 0.25) is 0 Å². The van der Waals surface area contributed by atoms with Crippen molar-refractivity contribution in [1.82, 2.24) is 4.98 Å². The van der Waals surface area contributed by atoms with E-state index < -0.39 is 0 Å². The Balaban J connectivity index is 0.000000686. The summed E-state index contributed by atoms with van der Waals surface area (Å²) in [5, 5.41) is 8.99. The highest BCUT2D eigenvalue weighted by molar-refractivity contribution is 5.26. The van der Waals surface area contributed by atoms with E-state index in [4.69, 9.17) is 5.11 Å². The average Bonchev–Trinajstić information content (AvgIpc) is 2.42. The summed E-state index contributed by atoms with van der Waals surface area (Å²) < 4.78 is 0. The molecule has 1 aromatic carbocycles. The number of nitrogens with zero attached hydrogens (tertiary/aromatic N) is 1. The summed E-state index contributed by atoms with van der Waals surface area (Å²) in [6.07, 6.45) is 4.39. The lowest BCUT2D eigenvalue weighted by Crippen LogP contribution is -1.92. The molecule has 0 spiro atoms. The van der Waals surface area contributed by atoms with E-state index in [1.807, 2.05) is 44.3 Å². The summed E-state index contributed by atoms with van der Waals surface area (Å²) in [4.78, 5) is 4.09. The maximum absolute atomic E-state index is 8.99. The molecule has 0 atom stereocenters. The van der Waals surface area contributed by atoms with E-state index in [-0.39, 0.29) is 6.61 Å². The van der Waals surface area contributed by atoms with Gasteiger partial charge in [-0.3, -0.25) is 4.98 Å². The number of hydrogen-bond acceptors (Lipinski definition) is 2. The van der Waals surface area contributed by atoms with E-state index in [1.54, 1.807) is 6.20 Å². The van der Waals surface area contributed by atoms with Crippen LogP contribution in [-0.4, -0.2) is 10.1 Å². The Morgan fingerprint density at radius 2 is 1.59 bits per heavy atom. The smallest absolute Gasteiger partial charge is 0.0696 e. The van der Waals surface area contributed by atoms with Gasteiger partial charge in [0.15, 0.2) is 0 Å². The fourth-order valence-corrected chi connectivity index (χ4v) is 1.56. The van der Waals surface area contributed by atoms with Crippen LogP contribution in [0.3, 0.4) is 0 Å². The van der Waals surface area contributed by atoms with Crippen LogP contribution in [0.25, 0.3) is 0 Å². The van der Waals surface area contributed by atoms with Crippen molar-refractivity contribution in [1.29, 1.82) is 0 Å². The average molecular weight is 229 g/mol. The Kier molecular flexibility index (Phi) is 5.97. The van der Waals surface area contributed by atoms with E-state index in [0.29, 0.717) is 0 Å².